The number of hydrogen-bond acceptors (Lipinski definition) is 3. The molecule has 2 aromatic rings. The topological polar surface area (TPSA) is 51.9 Å². The van der Waals surface area contributed by atoms with Crippen molar-refractivity contribution in [3.05, 3.63) is 40.3 Å². The number of nitrogens with one attached hydrogen (secondary N) is 1. The number of halogens is 3. The molecule has 1 N–H and O–H groups in total. The molecule has 0 bridgehead atoms. The summed E-state index contributed by atoms with van der Waals surface area (Å²) in [4.78, 5) is 12.0. The second kappa shape index (κ2) is 3.87. The van der Waals surface area contributed by atoms with Gasteiger partial charge in [-0.05, 0) is 18.2 Å². The summed E-state index contributed by atoms with van der Waals surface area (Å²) in [7, 11) is 0. The molecule has 0 unspecified atom stereocenters. The highest BCUT2D eigenvalue weighted by Crippen LogP contribution is 2.30. The maximum absolute atomic E-state index is 12.6. The summed E-state index contributed by atoms with van der Waals surface area (Å²) in [5.41, 5.74) is -1.15. The Hall–Kier alpha value is -2.25. The van der Waals surface area contributed by atoms with E-state index in [-0.39, 0.29) is 5.69 Å². The average molecular weight is 270 g/mol. The molecule has 1 aromatic heterocycles. The lowest BCUT2D eigenvalue weighted by Gasteiger charge is -2.08. The predicted molar refractivity (Wildman–Crippen MR) is 61.3 cm³/mol. The van der Waals surface area contributed by atoms with Crippen LogP contribution in [0.2, 0.25) is 0 Å². The van der Waals surface area contributed by atoms with E-state index in [2.05, 4.69) is 10.4 Å². The second-order valence-electron chi connectivity index (χ2n) is 4.14. The number of aromatic nitrogens is 3. The molecular weight excluding hydrogens is 261 g/mol. The fraction of sp³-hybridized carbons (Fsp3) is 0.273. The molecule has 5 nitrogen and oxygen atoms in total. The first-order valence-corrected chi connectivity index (χ1v) is 5.58. The summed E-state index contributed by atoms with van der Waals surface area (Å²) >= 11 is 0. The van der Waals surface area contributed by atoms with E-state index in [1.165, 1.54) is 16.7 Å². The van der Waals surface area contributed by atoms with Crippen molar-refractivity contribution in [1.29, 1.82) is 0 Å². The van der Waals surface area contributed by atoms with Crippen LogP contribution in [0.5, 0.6) is 0 Å². The third-order valence-corrected chi connectivity index (χ3v) is 2.90. The van der Waals surface area contributed by atoms with Crippen molar-refractivity contribution in [2.75, 3.05) is 11.9 Å². The molecular formula is C11H9F3N4O. The average Bonchev–Trinajstić information content (AvgIpc) is 2.92. The monoisotopic (exact) mass is 270 g/mol. The molecule has 1 aliphatic heterocycles. The molecule has 0 amide bonds. The van der Waals surface area contributed by atoms with Crippen LogP contribution in [0, 0.1) is 0 Å². The van der Waals surface area contributed by atoms with Gasteiger partial charge in [0.1, 0.15) is 0 Å². The minimum Gasteiger partial charge on any atom is -0.352 e. The fourth-order valence-corrected chi connectivity index (χ4v) is 1.99. The van der Waals surface area contributed by atoms with Gasteiger partial charge < -0.3 is 5.32 Å². The van der Waals surface area contributed by atoms with Crippen molar-refractivity contribution in [3.63, 3.8) is 0 Å². The van der Waals surface area contributed by atoms with Crippen LogP contribution in [0.3, 0.4) is 0 Å². The minimum atomic E-state index is -4.44. The van der Waals surface area contributed by atoms with Gasteiger partial charge in [0.15, 0.2) is 0 Å². The van der Waals surface area contributed by atoms with Crippen molar-refractivity contribution in [3.8, 4) is 5.69 Å². The minimum absolute atomic E-state index is 0.100. The van der Waals surface area contributed by atoms with E-state index in [9.17, 15) is 18.0 Å². The highest BCUT2D eigenvalue weighted by molar-refractivity contribution is 5.38. The molecule has 1 aliphatic rings. The normalized spacial score (nSPS) is 14.3. The Bertz CT molecular complexity index is 686. The lowest BCUT2D eigenvalue weighted by Crippen LogP contribution is -2.23. The Labute approximate surface area is 105 Å². The zero-order valence-electron chi connectivity index (χ0n) is 9.61. The van der Waals surface area contributed by atoms with Gasteiger partial charge in [0.25, 0.3) is 0 Å². The predicted octanol–water partition coefficient (Wildman–Crippen LogP) is 1.48. The Morgan fingerprint density at radius 3 is 2.79 bits per heavy atom. The maximum atomic E-state index is 12.6. The van der Waals surface area contributed by atoms with Gasteiger partial charge in [-0.25, -0.2) is 4.79 Å². The molecule has 100 valence electrons. The van der Waals surface area contributed by atoms with Gasteiger partial charge in [-0.15, -0.1) is 5.10 Å². The first-order valence-electron chi connectivity index (χ1n) is 5.58. The number of anilines is 1. The molecule has 0 saturated heterocycles. The number of alkyl halides is 3. The van der Waals surface area contributed by atoms with Crippen LogP contribution in [0.15, 0.2) is 29.1 Å². The van der Waals surface area contributed by atoms with Crippen LogP contribution >= 0.6 is 0 Å². The lowest BCUT2D eigenvalue weighted by molar-refractivity contribution is -0.137. The second-order valence-corrected chi connectivity index (χ2v) is 4.14. The van der Waals surface area contributed by atoms with Crippen molar-refractivity contribution in [2.45, 2.75) is 12.7 Å². The first-order chi connectivity index (χ1) is 8.97. The van der Waals surface area contributed by atoms with E-state index in [0.29, 0.717) is 19.0 Å². The largest absolute Gasteiger partial charge is 0.416 e. The Morgan fingerprint density at radius 2 is 2.11 bits per heavy atom. The van der Waals surface area contributed by atoms with Gasteiger partial charge in [-0.2, -0.15) is 17.9 Å². The van der Waals surface area contributed by atoms with Gasteiger partial charge in [0.05, 0.1) is 11.3 Å². The van der Waals surface area contributed by atoms with Crippen LogP contribution in [0.25, 0.3) is 5.69 Å². The van der Waals surface area contributed by atoms with Gasteiger partial charge in [0, 0.05) is 13.1 Å². The molecule has 0 spiro atoms. The van der Waals surface area contributed by atoms with Gasteiger partial charge >= 0.3 is 11.9 Å². The molecule has 3 rings (SSSR count). The smallest absolute Gasteiger partial charge is 0.352 e. The van der Waals surface area contributed by atoms with Gasteiger partial charge in [0.2, 0.25) is 5.95 Å². The van der Waals surface area contributed by atoms with E-state index < -0.39 is 17.4 Å². The summed E-state index contributed by atoms with van der Waals surface area (Å²) in [5.74, 6) is 0.377. The quantitative estimate of drug-likeness (QED) is 0.854. The van der Waals surface area contributed by atoms with E-state index >= 15 is 0 Å². The molecule has 0 saturated carbocycles. The molecule has 1 aromatic carbocycles. The fourth-order valence-electron chi connectivity index (χ4n) is 1.99. The van der Waals surface area contributed by atoms with E-state index in [1.807, 2.05) is 0 Å². The van der Waals surface area contributed by atoms with Gasteiger partial charge in [-0.3, -0.25) is 4.57 Å². The van der Waals surface area contributed by atoms with Crippen LogP contribution < -0.4 is 11.0 Å². The SMILES string of the molecule is O=c1n(-c2cccc(C(F)(F)F)c2)nc2n1CCN2. The zero-order valence-corrected chi connectivity index (χ0v) is 9.61. The Balaban J connectivity index is 2.11. The highest BCUT2D eigenvalue weighted by atomic mass is 19.4. The molecule has 8 heteroatoms. The van der Waals surface area contributed by atoms with Crippen LogP contribution in [0.1, 0.15) is 5.56 Å². The van der Waals surface area contributed by atoms with Crippen LogP contribution in [0.4, 0.5) is 19.1 Å². The summed E-state index contributed by atoms with van der Waals surface area (Å²) in [6.07, 6.45) is -4.44. The molecule has 0 aliphatic carbocycles. The van der Waals surface area contributed by atoms with Crippen LogP contribution in [-0.2, 0) is 12.7 Å². The number of benzene rings is 1. The number of fused-ring (bicyclic) bond motifs is 1. The third-order valence-electron chi connectivity index (χ3n) is 2.90. The van der Waals surface area contributed by atoms with E-state index in [1.54, 1.807) is 0 Å². The zero-order chi connectivity index (χ0) is 13.6. The van der Waals surface area contributed by atoms with Crippen molar-refractivity contribution in [2.24, 2.45) is 0 Å². The molecule has 0 fully saturated rings. The summed E-state index contributed by atoms with van der Waals surface area (Å²) < 4.78 is 40.2. The molecule has 0 atom stereocenters. The Morgan fingerprint density at radius 1 is 1.32 bits per heavy atom. The standard InChI is InChI=1S/C11H9F3N4O/c12-11(13,14)7-2-1-3-8(6-7)18-10(19)17-5-4-15-9(17)16-18/h1-3,6H,4-5H2,(H,15,16). The van der Waals surface area contributed by atoms with Crippen molar-refractivity contribution in [1.82, 2.24) is 14.3 Å². The number of hydrogen-bond donors (Lipinski definition) is 1. The molecule has 2 heterocycles. The highest BCUT2D eigenvalue weighted by Gasteiger charge is 2.31. The third kappa shape index (κ3) is 1.88. The number of nitrogens with zero attached hydrogens (tertiary/aromatic N) is 3. The molecule has 19 heavy (non-hydrogen) atoms. The Kier molecular flexibility index (Phi) is 2.41. The molecule has 0 radical (unpaired) electrons. The maximum Gasteiger partial charge on any atom is 0.416 e. The summed E-state index contributed by atoms with van der Waals surface area (Å²) in [5, 5.41) is 6.86. The van der Waals surface area contributed by atoms with Crippen molar-refractivity contribution < 1.29 is 13.2 Å². The van der Waals surface area contributed by atoms with Gasteiger partial charge in [-0.1, -0.05) is 6.07 Å². The lowest BCUT2D eigenvalue weighted by atomic mass is 10.2. The number of rotatable bonds is 1. The van der Waals surface area contributed by atoms with Crippen molar-refractivity contribution >= 4 is 5.95 Å². The van der Waals surface area contributed by atoms with E-state index in [0.717, 1.165) is 16.8 Å². The summed E-state index contributed by atoms with van der Waals surface area (Å²) in [6, 6.07) is 4.53. The summed E-state index contributed by atoms with van der Waals surface area (Å²) in [6.45, 7) is 1.06. The first kappa shape index (κ1) is 11.8. The van der Waals surface area contributed by atoms with E-state index in [4.69, 9.17) is 0 Å². The van der Waals surface area contributed by atoms with Crippen LogP contribution in [-0.4, -0.2) is 20.9 Å².